The Balaban J connectivity index is 1.96. The predicted molar refractivity (Wildman–Crippen MR) is 59.1 cm³/mol. The number of amides is 1. The first-order chi connectivity index (χ1) is 7.04. The fourth-order valence-corrected chi connectivity index (χ4v) is 2.38. The Bertz CT molecular complexity index is 261. The van der Waals surface area contributed by atoms with Crippen molar-refractivity contribution in [3.63, 3.8) is 0 Å². The zero-order chi connectivity index (χ0) is 11.1. The third-order valence-electron chi connectivity index (χ3n) is 3.97. The lowest BCUT2D eigenvalue weighted by Gasteiger charge is -2.39. The zero-order valence-corrected chi connectivity index (χ0v) is 9.41. The summed E-state index contributed by atoms with van der Waals surface area (Å²) in [6.07, 6.45) is 5.87. The summed E-state index contributed by atoms with van der Waals surface area (Å²) in [6.45, 7) is 0.623. The first-order valence-corrected chi connectivity index (χ1v) is 5.83. The highest BCUT2D eigenvalue weighted by Crippen LogP contribution is 2.39. The highest BCUT2D eigenvalue weighted by molar-refractivity contribution is 5.85. The van der Waals surface area contributed by atoms with Crippen LogP contribution in [0.4, 0.5) is 0 Å². The van der Waals surface area contributed by atoms with Gasteiger partial charge in [0.25, 0.3) is 0 Å². The molecule has 0 bridgehead atoms. The predicted octanol–water partition coefficient (Wildman–Crippen LogP) is 0.0635. The molecule has 2 rings (SSSR count). The third kappa shape index (κ3) is 2.01. The van der Waals surface area contributed by atoms with Crippen molar-refractivity contribution in [2.24, 2.45) is 17.4 Å². The van der Waals surface area contributed by atoms with Crippen LogP contribution in [0.25, 0.3) is 0 Å². The number of likely N-dealkylation sites (N-methyl/N-ethyl adjacent to an activating group) is 1. The lowest BCUT2D eigenvalue weighted by atomic mass is 9.88. The van der Waals surface area contributed by atoms with E-state index in [1.54, 1.807) is 0 Å². The minimum Gasteiger partial charge on any atom is -0.368 e. The van der Waals surface area contributed by atoms with Gasteiger partial charge in [0.1, 0.15) is 5.54 Å². The van der Waals surface area contributed by atoms with Crippen molar-refractivity contribution in [3.05, 3.63) is 0 Å². The van der Waals surface area contributed by atoms with Crippen LogP contribution in [0, 0.1) is 5.92 Å². The Labute approximate surface area is 91.0 Å². The first-order valence-electron chi connectivity index (χ1n) is 5.83. The van der Waals surface area contributed by atoms with Crippen molar-refractivity contribution >= 4 is 5.91 Å². The molecule has 0 radical (unpaired) electrons. The lowest BCUT2D eigenvalue weighted by molar-refractivity contribution is -0.125. The standard InChI is InChI=1S/C11H21N3O/c1-14(9-3-2-4-9)7-11(13,10(12)15)8-5-6-8/h8-9H,2-7,13H2,1H3,(H2,12,15). The molecule has 2 aliphatic rings. The summed E-state index contributed by atoms with van der Waals surface area (Å²) in [7, 11) is 2.05. The summed E-state index contributed by atoms with van der Waals surface area (Å²) in [4.78, 5) is 13.7. The molecule has 0 spiro atoms. The minimum absolute atomic E-state index is 0.317. The van der Waals surface area contributed by atoms with Crippen LogP contribution in [-0.4, -0.2) is 36.0 Å². The normalized spacial score (nSPS) is 26.1. The first kappa shape index (κ1) is 10.9. The molecule has 0 aliphatic heterocycles. The van der Waals surface area contributed by atoms with Crippen molar-refractivity contribution in [2.45, 2.75) is 43.7 Å². The molecule has 1 atom stereocenters. The van der Waals surface area contributed by atoms with Gasteiger partial charge in [-0.25, -0.2) is 0 Å². The van der Waals surface area contributed by atoms with Gasteiger partial charge in [0.05, 0.1) is 0 Å². The van der Waals surface area contributed by atoms with Gasteiger partial charge in [0.15, 0.2) is 0 Å². The molecule has 1 amide bonds. The largest absolute Gasteiger partial charge is 0.368 e. The average Bonchev–Trinajstić information content (AvgIpc) is 2.81. The molecule has 0 aromatic carbocycles. The number of carbonyl (C=O) groups excluding carboxylic acids is 1. The number of nitrogens with zero attached hydrogens (tertiary/aromatic N) is 1. The van der Waals surface area contributed by atoms with Crippen molar-refractivity contribution in [2.75, 3.05) is 13.6 Å². The van der Waals surface area contributed by atoms with Crippen molar-refractivity contribution < 1.29 is 4.79 Å². The van der Waals surface area contributed by atoms with E-state index in [-0.39, 0.29) is 5.91 Å². The Kier molecular flexibility index (Phi) is 2.73. The van der Waals surface area contributed by atoms with Crippen molar-refractivity contribution in [1.82, 2.24) is 4.90 Å². The van der Waals surface area contributed by atoms with E-state index in [0.717, 1.165) is 12.8 Å². The molecule has 2 aliphatic carbocycles. The van der Waals surface area contributed by atoms with Gasteiger partial charge < -0.3 is 16.4 Å². The van der Waals surface area contributed by atoms with E-state index in [4.69, 9.17) is 11.5 Å². The SMILES string of the molecule is CN(CC(N)(C(N)=O)C1CC1)C1CCC1. The molecule has 86 valence electrons. The van der Waals surface area contributed by atoms with E-state index in [1.165, 1.54) is 19.3 Å². The summed E-state index contributed by atoms with van der Waals surface area (Å²) in [5.41, 5.74) is 10.8. The van der Waals surface area contributed by atoms with Crippen molar-refractivity contribution in [3.8, 4) is 0 Å². The van der Waals surface area contributed by atoms with E-state index in [9.17, 15) is 4.79 Å². The van der Waals surface area contributed by atoms with E-state index in [2.05, 4.69) is 11.9 Å². The Morgan fingerprint density at radius 1 is 1.40 bits per heavy atom. The van der Waals surface area contributed by atoms with Gasteiger partial charge >= 0.3 is 0 Å². The number of primary amides is 1. The highest BCUT2D eigenvalue weighted by atomic mass is 16.1. The van der Waals surface area contributed by atoms with E-state index >= 15 is 0 Å². The van der Waals surface area contributed by atoms with E-state index in [0.29, 0.717) is 18.5 Å². The smallest absolute Gasteiger partial charge is 0.239 e. The second-order valence-electron chi connectivity index (χ2n) is 5.18. The molecule has 4 N–H and O–H groups in total. The number of hydrogen-bond acceptors (Lipinski definition) is 3. The molecule has 4 heteroatoms. The van der Waals surface area contributed by atoms with Crippen molar-refractivity contribution in [1.29, 1.82) is 0 Å². The average molecular weight is 211 g/mol. The maximum atomic E-state index is 11.4. The van der Waals surface area contributed by atoms with Crippen LogP contribution < -0.4 is 11.5 Å². The maximum absolute atomic E-state index is 11.4. The Morgan fingerprint density at radius 2 is 2.00 bits per heavy atom. The zero-order valence-electron chi connectivity index (χ0n) is 9.41. The van der Waals surface area contributed by atoms with Crippen LogP contribution in [0.5, 0.6) is 0 Å². The summed E-state index contributed by atoms with van der Waals surface area (Å²) >= 11 is 0. The third-order valence-corrected chi connectivity index (χ3v) is 3.97. The van der Waals surface area contributed by atoms with E-state index < -0.39 is 5.54 Å². The molecule has 15 heavy (non-hydrogen) atoms. The summed E-state index contributed by atoms with van der Waals surface area (Å²) in [5.74, 6) is -0.0197. The van der Waals surface area contributed by atoms with Gasteiger partial charge in [-0.15, -0.1) is 0 Å². The Hall–Kier alpha value is -0.610. The molecule has 2 saturated carbocycles. The number of nitrogens with two attached hydrogens (primary N) is 2. The van der Waals surface area contributed by atoms with Crippen LogP contribution in [0.2, 0.25) is 0 Å². The maximum Gasteiger partial charge on any atom is 0.239 e. The van der Waals surface area contributed by atoms with E-state index in [1.807, 2.05) is 0 Å². The molecular formula is C11H21N3O. The number of hydrogen-bond donors (Lipinski definition) is 2. The summed E-state index contributed by atoms with van der Waals surface area (Å²) in [5, 5.41) is 0. The molecule has 0 heterocycles. The van der Waals surface area contributed by atoms with Crippen LogP contribution in [0.3, 0.4) is 0 Å². The minimum atomic E-state index is -0.787. The molecular weight excluding hydrogens is 190 g/mol. The van der Waals surface area contributed by atoms with Crippen LogP contribution in [0.1, 0.15) is 32.1 Å². The molecule has 1 unspecified atom stereocenters. The van der Waals surface area contributed by atoms with Gasteiger partial charge in [-0.2, -0.15) is 0 Å². The second-order valence-corrected chi connectivity index (χ2v) is 5.18. The monoisotopic (exact) mass is 211 g/mol. The highest BCUT2D eigenvalue weighted by Gasteiger charge is 2.48. The molecule has 0 aromatic heterocycles. The summed E-state index contributed by atoms with van der Waals surface area (Å²) in [6, 6.07) is 0.617. The molecule has 2 fully saturated rings. The van der Waals surface area contributed by atoms with Gasteiger partial charge in [-0.1, -0.05) is 6.42 Å². The molecule has 0 aromatic rings. The van der Waals surface area contributed by atoms with Crippen LogP contribution >= 0.6 is 0 Å². The van der Waals surface area contributed by atoms with Crippen LogP contribution in [0.15, 0.2) is 0 Å². The molecule has 4 nitrogen and oxygen atoms in total. The molecule has 0 saturated heterocycles. The summed E-state index contributed by atoms with van der Waals surface area (Å²) < 4.78 is 0. The second kappa shape index (κ2) is 3.76. The topological polar surface area (TPSA) is 72.3 Å². The van der Waals surface area contributed by atoms with Gasteiger partial charge in [-0.05, 0) is 38.6 Å². The quantitative estimate of drug-likeness (QED) is 0.675. The fraction of sp³-hybridized carbons (Fsp3) is 0.909. The van der Waals surface area contributed by atoms with Gasteiger partial charge in [0.2, 0.25) is 5.91 Å². The number of carbonyl (C=O) groups is 1. The van der Waals surface area contributed by atoms with Gasteiger partial charge in [0, 0.05) is 12.6 Å². The fourth-order valence-electron chi connectivity index (χ4n) is 2.38. The Morgan fingerprint density at radius 3 is 2.33 bits per heavy atom. The van der Waals surface area contributed by atoms with Gasteiger partial charge in [-0.3, -0.25) is 4.79 Å². The number of rotatable bonds is 5. The lowest BCUT2D eigenvalue weighted by Crippen LogP contribution is -2.61. The van der Waals surface area contributed by atoms with Crippen LogP contribution in [-0.2, 0) is 4.79 Å².